The highest BCUT2D eigenvalue weighted by Crippen LogP contribution is 2.33. The molecular weight excluding hydrogens is 532 g/mol. The molecule has 2 aromatic heterocycles. The van der Waals surface area contributed by atoms with Gasteiger partial charge in [-0.3, -0.25) is 9.58 Å². The summed E-state index contributed by atoms with van der Waals surface area (Å²) in [6, 6.07) is 16.2. The molecule has 1 saturated heterocycles. The Bertz CT molecular complexity index is 1520. The minimum absolute atomic E-state index is 0.301. The lowest BCUT2D eigenvalue weighted by atomic mass is 9.82. The van der Waals surface area contributed by atoms with Gasteiger partial charge in [-0.2, -0.15) is 14.8 Å². The second-order valence-electron chi connectivity index (χ2n) is 11.5. The highest BCUT2D eigenvalue weighted by atomic mass is 32.2. The number of fused-ring (bicyclic) bond motifs is 5. The number of aromatic nitrogens is 4. The fourth-order valence-electron chi connectivity index (χ4n) is 6.31. The largest absolute Gasteiger partial charge is 0.588 e. The van der Waals surface area contributed by atoms with Gasteiger partial charge in [-0.15, -0.1) is 0 Å². The van der Waals surface area contributed by atoms with E-state index in [2.05, 4.69) is 77.0 Å². The average molecular weight is 571 g/mol. The lowest BCUT2D eigenvalue weighted by Gasteiger charge is -2.38. The molecule has 2 aliphatic heterocycles. The van der Waals surface area contributed by atoms with Crippen molar-refractivity contribution in [2.24, 2.45) is 18.9 Å². The number of aryl methyl sites for hydroxylation is 5. The zero-order valence-corrected chi connectivity index (χ0v) is 25.1. The molecular formula is C32H38N6O2S. The van der Waals surface area contributed by atoms with E-state index < -0.39 is 11.4 Å². The zero-order chi connectivity index (χ0) is 28.5. The van der Waals surface area contributed by atoms with Crippen molar-refractivity contribution in [3.05, 3.63) is 82.7 Å². The molecule has 0 aliphatic carbocycles. The Hall–Kier alpha value is -3.40. The lowest BCUT2D eigenvalue weighted by Crippen LogP contribution is -2.42. The summed E-state index contributed by atoms with van der Waals surface area (Å²) in [5.74, 6) is 1.68. The molecule has 4 bridgehead atoms. The number of piperidine rings is 1. The molecule has 9 heteroatoms. The zero-order valence-electron chi connectivity index (χ0n) is 24.3. The monoisotopic (exact) mass is 570 g/mol. The maximum absolute atomic E-state index is 13.3. The molecule has 8 nitrogen and oxygen atoms in total. The smallest absolute Gasteiger partial charge is 0.269 e. The molecule has 2 aliphatic rings. The average Bonchev–Trinajstić information content (AvgIpc) is 3.26. The normalized spacial score (nSPS) is 21.3. The summed E-state index contributed by atoms with van der Waals surface area (Å²) in [4.78, 5) is 12.7. The SMILES string of the molecule is Cc1cccc(C)c1-c1cc2nc(n1)N[S+]([O-])c1cccc(c1)CCC1CCN(Cc3cn(C)nc3C)C[C@@H]1CO2. The number of rotatable bonds is 3. The van der Waals surface area contributed by atoms with E-state index in [0.29, 0.717) is 30.3 Å². The van der Waals surface area contributed by atoms with Crippen molar-refractivity contribution >= 4 is 17.3 Å². The minimum atomic E-state index is -1.49. The van der Waals surface area contributed by atoms with E-state index >= 15 is 0 Å². The fraction of sp³-hybridized carbons (Fsp3) is 0.406. The van der Waals surface area contributed by atoms with Crippen LogP contribution in [0.1, 0.15) is 40.8 Å². The molecule has 41 heavy (non-hydrogen) atoms. The Kier molecular flexibility index (Phi) is 8.01. The van der Waals surface area contributed by atoms with Crippen molar-refractivity contribution in [1.82, 2.24) is 24.6 Å². The van der Waals surface area contributed by atoms with Crippen molar-refractivity contribution in [3.63, 3.8) is 0 Å². The highest BCUT2D eigenvalue weighted by molar-refractivity contribution is 7.92. The molecule has 1 N–H and O–H groups in total. The number of ether oxygens (including phenoxy) is 1. The Morgan fingerprint density at radius 2 is 1.83 bits per heavy atom. The van der Waals surface area contributed by atoms with Crippen LogP contribution in [0.15, 0.2) is 59.6 Å². The van der Waals surface area contributed by atoms with E-state index in [1.807, 2.05) is 29.9 Å². The summed E-state index contributed by atoms with van der Waals surface area (Å²) in [5.41, 5.74) is 7.63. The van der Waals surface area contributed by atoms with Crippen molar-refractivity contribution in [1.29, 1.82) is 0 Å². The Morgan fingerprint density at radius 1 is 1.02 bits per heavy atom. The quantitative estimate of drug-likeness (QED) is 0.330. The second kappa shape index (κ2) is 11.8. The maximum atomic E-state index is 13.3. The topological polar surface area (TPSA) is 91.2 Å². The molecule has 0 saturated carbocycles. The van der Waals surface area contributed by atoms with E-state index in [9.17, 15) is 4.55 Å². The van der Waals surface area contributed by atoms with Crippen LogP contribution in [0.25, 0.3) is 11.3 Å². The van der Waals surface area contributed by atoms with E-state index in [4.69, 9.17) is 9.72 Å². The molecule has 4 heterocycles. The standard InChI is InChI=1S/C32H38N6O2S/c1-21-7-5-8-22(2)31(21)29-16-30-34-32(33-29)36-41(39)28-10-6-9-24(15-28)11-12-25-13-14-38(19-27(25)20-40-30)18-26-17-37(4)35-23(26)3/h5-10,15-17,25,27H,11-14,18-20H2,1-4H3,(H,33,34,36)/t25?,27-,41?/m1/s1. The Labute approximate surface area is 245 Å². The van der Waals surface area contributed by atoms with Crippen molar-refractivity contribution in [3.8, 4) is 17.1 Å². The van der Waals surface area contributed by atoms with Crippen molar-refractivity contribution < 1.29 is 9.29 Å². The van der Waals surface area contributed by atoms with E-state index in [1.165, 1.54) is 11.1 Å². The number of nitrogens with zero attached hydrogens (tertiary/aromatic N) is 5. The molecule has 3 atom stereocenters. The van der Waals surface area contributed by atoms with Crippen molar-refractivity contribution in [2.75, 3.05) is 24.4 Å². The van der Waals surface area contributed by atoms with Gasteiger partial charge in [-0.1, -0.05) is 30.3 Å². The molecule has 2 unspecified atom stereocenters. The molecule has 4 aromatic rings. The number of hydrogen-bond donors (Lipinski definition) is 1. The first-order chi connectivity index (χ1) is 19.8. The summed E-state index contributed by atoms with van der Waals surface area (Å²) in [7, 11) is 1.98. The fourth-order valence-corrected chi connectivity index (χ4v) is 7.14. The molecule has 2 aromatic carbocycles. The second-order valence-corrected chi connectivity index (χ2v) is 12.7. The van der Waals surface area contributed by atoms with Crippen LogP contribution < -0.4 is 9.46 Å². The van der Waals surface area contributed by atoms with Crippen LogP contribution in [0.3, 0.4) is 0 Å². The van der Waals surface area contributed by atoms with Gasteiger partial charge < -0.3 is 9.29 Å². The first-order valence-electron chi connectivity index (χ1n) is 14.4. The van der Waals surface area contributed by atoms with Gasteiger partial charge >= 0.3 is 0 Å². The van der Waals surface area contributed by atoms with Crippen LogP contribution in [-0.4, -0.2) is 48.9 Å². The lowest BCUT2D eigenvalue weighted by molar-refractivity contribution is 0.0706. The van der Waals surface area contributed by atoms with Gasteiger partial charge in [0, 0.05) is 49.4 Å². The predicted molar refractivity (Wildman–Crippen MR) is 162 cm³/mol. The van der Waals surface area contributed by atoms with Gasteiger partial charge in [-0.25, -0.2) is 4.98 Å². The third-order valence-electron chi connectivity index (χ3n) is 8.47. The summed E-state index contributed by atoms with van der Waals surface area (Å²) in [6.07, 6.45) is 5.27. The van der Waals surface area contributed by atoms with Crippen LogP contribution in [0.5, 0.6) is 5.88 Å². The molecule has 214 valence electrons. The number of nitrogens with one attached hydrogen (secondary N) is 1. The van der Waals surface area contributed by atoms with Crippen molar-refractivity contribution in [2.45, 2.75) is 51.5 Å². The number of likely N-dealkylation sites (tertiary alicyclic amines) is 1. The van der Waals surface area contributed by atoms with Gasteiger partial charge in [0.25, 0.3) is 5.95 Å². The van der Waals surface area contributed by atoms with E-state index in [1.54, 1.807) is 0 Å². The number of benzene rings is 2. The van der Waals surface area contributed by atoms with Crippen LogP contribution >= 0.6 is 0 Å². The van der Waals surface area contributed by atoms with Gasteiger partial charge in [0.05, 0.1) is 18.0 Å². The van der Waals surface area contributed by atoms with Gasteiger partial charge in [0.15, 0.2) is 4.90 Å². The van der Waals surface area contributed by atoms with Crippen LogP contribution in [-0.2, 0) is 31.4 Å². The van der Waals surface area contributed by atoms with Crippen LogP contribution in [0.2, 0.25) is 0 Å². The Balaban J connectivity index is 1.33. The molecule has 0 amide bonds. The van der Waals surface area contributed by atoms with Gasteiger partial charge in [-0.05, 0) is 81.3 Å². The first-order valence-corrected chi connectivity index (χ1v) is 15.5. The summed E-state index contributed by atoms with van der Waals surface area (Å²) in [6.45, 7) is 9.73. The minimum Gasteiger partial charge on any atom is -0.588 e. The van der Waals surface area contributed by atoms with E-state index in [0.717, 1.165) is 71.9 Å². The molecule has 1 fully saturated rings. The van der Waals surface area contributed by atoms with Crippen LogP contribution in [0.4, 0.5) is 5.95 Å². The number of hydrogen-bond acceptors (Lipinski definition) is 7. The third-order valence-corrected chi connectivity index (χ3v) is 9.52. The first kappa shape index (κ1) is 27.8. The highest BCUT2D eigenvalue weighted by Gasteiger charge is 2.31. The molecule has 0 radical (unpaired) electrons. The predicted octanol–water partition coefficient (Wildman–Crippen LogP) is 5.40. The number of anilines is 1. The Morgan fingerprint density at radius 3 is 2.61 bits per heavy atom. The summed E-state index contributed by atoms with van der Waals surface area (Å²) in [5, 5.41) is 4.54. The summed E-state index contributed by atoms with van der Waals surface area (Å²) >= 11 is -1.49. The molecule has 6 rings (SSSR count). The summed E-state index contributed by atoms with van der Waals surface area (Å²) < 4.78 is 24.8. The van der Waals surface area contributed by atoms with E-state index in [-0.39, 0.29) is 0 Å². The maximum Gasteiger partial charge on any atom is 0.269 e. The third kappa shape index (κ3) is 6.27. The van der Waals surface area contributed by atoms with Gasteiger partial charge in [0.1, 0.15) is 11.4 Å². The molecule has 0 spiro atoms. The van der Waals surface area contributed by atoms with Crippen LogP contribution in [0, 0.1) is 32.6 Å². The van der Waals surface area contributed by atoms with Gasteiger partial charge in [0.2, 0.25) is 5.88 Å².